The second-order valence-electron chi connectivity index (χ2n) is 16.6. The first-order valence-corrected chi connectivity index (χ1v) is 21.1. The standard InChI is InChI=1S/C40H69N9O15/c1-11-19(7)29(41)37(60)49-31(20(8)12-2)39(62)45-23(13-17(3)4)34(57)44-25(15-28(53)54)35(58)47-26(16-50)36(59)48-30(18(5)6)38(61)46-24(14-27(51)52)33(56)42-21(9)32(55)43-22(10)40(63)64/h17-26,29-31,50H,11-16,41H2,1-10H3,(H,42,56)(H,43,55)(H,44,57)(H,45,62)(H,46,61)(H,47,58)(H,48,59)(H,49,60)(H,51,52)(H,53,54)(H,63,64)/t19-,20-,21-,22-,23-,24-,25-,26-,29-,30-,31-/m0/s1. The minimum absolute atomic E-state index is 0.00226. The molecule has 0 bridgehead atoms. The summed E-state index contributed by atoms with van der Waals surface area (Å²) in [6.45, 7) is 14.7. The molecule has 0 aliphatic heterocycles. The third-order valence-electron chi connectivity index (χ3n) is 10.3. The molecule has 0 saturated heterocycles. The van der Waals surface area contributed by atoms with Crippen LogP contribution in [0.3, 0.4) is 0 Å². The highest BCUT2D eigenvalue weighted by Crippen LogP contribution is 2.13. The Balaban J connectivity index is 6.25. The highest BCUT2D eigenvalue weighted by molar-refractivity contribution is 5.99. The average Bonchev–Trinajstić information content (AvgIpc) is 3.20. The van der Waals surface area contributed by atoms with Crippen LogP contribution in [0.2, 0.25) is 0 Å². The number of hydrogen-bond acceptors (Lipinski definition) is 13. The molecule has 0 aliphatic carbocycles. The van der Waals surface area contributed by atoms with E-state index in [1.807, 2.05) is 6.92 Å². The number of aliphatic hydroxyl groups is 1. The lowest BCUT2D eigenvalue weighted by molar-refractivity contribution is -0.143. The Labute approximate surface area is 372 Å². The topological polar surface area (TPSA) is 391 Å². The van der Waals surface area contributed by atoms with Gasteiger partial charge in [-0.3, -0.25) is 52.7 Å². The van der Waals surface area contributed by atoms with Crippen LogP contribution in [0.5, 0.6) is 0 Å². The Morgan fingerprint density at radius 2 is 0.844 bits per heavy atom. The van der Waals surface area contributed by atoms with E-state index in [2.05, 4.69) is 42.5 Å². The highest BCUT2D eigenvalue weighted by atomic mass is 16.4. The van der Waals surface area contributed by atoms with E-state index in [1.54, 1.807) is 34.6 Å². The Morgan fingerprint density at radius 1 is 0.453 bits per heavy atom. The summed E-state index contributed by atoms with van der Waals surface area (Å²) in [6, 6.07) is -13.2. The third-order valence-corrected chi connectivity index (χ3v) is 10.3. The average molecular weight is 916 g/mol. The van der Waals surface area contributed by atoms with E-state index in [-0.39, 0.29) is 18.3 Å². The van der Waals surface area contributed by atoms with Gasteiger partial charge in [0.15, 0.2) is 0 Å². The fraction of sp³-hybridized carbons (Fsp3) is 0.725. The van der Waals surface area contributed by atoms with Crippen LogP contribution in [-0.4, -0.2) is 147 Å². The molecule has 0 saturated carbocycles. The summed E-state index contributed by atoms with van der Waals surface area (Å²) in [6.07, 6.45) is -0.975. The van der Waals surface area contributed by atoms with Gasteiger partial charge in [-0.2, -0.15) is 0 Å². The van der Waals surface area contributed by atoms with Crippen LogP contribution in [-0.2, 0) is 52.7 Å². The van der Waals surface area contributed by atoms with Gasteiger partial charge in [-0.05, 0) is 43.9 Å². The first-order valence-electron chi connectivity index (χ1n) is 21.1. The Kier molecular flexibility index (Phi) is 25.4. The van der Waals surface area contributed by atoms with E-state index >= 15 is 0 Å². The molecule has 0 aliphatic rings. The second kappa shape index (κ2) is 28.0. The van der Waals surface area contributed by atoms with Crippen molar-refractivity contribution in [3.8, 4) is 0 Å². The number of aliphatic hydroxyl groups excluding tert-OH is 1. The maximum absolute atomic E-state index is 13.7. The van der Waals surface area contributed by atoms with Crippen LogP contribution < -0.4 is 48.3 Å². The number of amides is 8. The zero-order valence-electron chi connectivity index (χ0n) is 38.1. The van der Waals surface area contributed by atoms with Crippen LogP contribution in [0.15, 0.2) is 0 Å². The van der Waals surface area contributed by atoms with Gasteiger partial charge in [-0.25, -0.2) is 0 Å². The van der Waals surface area contributed by atoms with Crippen molar-refractivity contribution in [1.29, 1.82) is 0 Å². The summed E-state index contributed by atoms with van der Waals surface area (Å²) >= 11 is 0. The molecule has 364 valence electrons. The molecule has 24 heteroatoms. The highest BCUT2D eigenvalue weighted by Gasteiger charge is 2.37. The van der Waals surface area contributed by atoms with Gasteiger partial charge in [-0.15, -0.1) is 0 Å². The van der Waals surface area contributed by atoms with Gasteiger partial charge in [0.2, 0.25) is 47.3 Å². The molecule has 0 fully saturated rings. The van der Waals surface area contributed by atoms with E-state index in [9.17, 15) is 68.1 Å². The van der Waals surface area contributed by atoms with Gasteiger partial charge in [0.1, 0.15) is 48.3 Å². The number of aliphatic carboxylic acids is 3. The SMILES string of the molecule is CC[C@H](C)[C@H](N)C(=O)N[C@H](C(=O)N[C@@H](CC(C)C)C(=O)N[C@@H](CC(=O)O)C(=O)N[C@@H](CO)C(=O)N[C@H](C(=O)N[C@@H](CC(=O)O)C(=O)N[C@@H](C)C(=O)N[C@@H](C)C(=O)O)C(C)C)[C@@H](C)CC. The zero-order valence-corrected chi connectivity index (χ0v) is 38.1. The molecule has 8 amide bonds. The molecule has 14 N–H and O–H groups in total. The normalized spacial score (nSPS) is 16.3. The van der Waals surface area contributed by atoms with Gasteiger partial charge in [0, 0.05) is 0 Å². The molecule has 0 radical (unpaired) electrons. The molecule has 0 aromatic heterocycles. The van der Waals surface area contributed by atoms with E-state index < -0.39 is 151 Å². The van der Waals surface area contributed by atoms with E-state index in [0.29, 0.717) is 12.8 Å². The van der Waals surface area contributed by atoms with Crippen LogP contribution in [0.25, 0.3) is 0 Å². The molecule has 0 unspecified atom stereocenters. The minimum Gasteiger partial charge on any atom is -0.481 e. The van der Waals surface area contributed by atoms with Crippen molar-refractivity contribution in [2.24, 2.45) is 29.4 Å². The quantitative estimate of drug-likeness (QED) is 0.0357. The molecule has 24 nitrogen and oxygen atoms in total. The Bertz CT molecular complexity index is 1680. The monoisotopic (exact) mass is 915 g/mol. The number of nitrogens with one attached hydrogen (secondary N) is 8. The second-order valence-corrected chi connectivity index (χ2v) is 16.6. The van der Waals surface area contributed by atoms with E-state index in [0.717, 1.165) is 6.92 Å². The number of nitrogens with two attached hydrogens (primary N) is 1. The van der Waals surface area contributed by atoms with E-state index in [4.69, 9.17) is 10.8 Å². The fourth-order valence-corrected chi connectivity index (χ4v) is 5.76. The molecule has 0 rings (SSSR count). The summed E-state index contributed by atoms with van der Waals surface area (Å²) < 4.78 is 0. The molecule has 0 aromatic carbocycles. The molecule has 64 heavy (non-hydrogen) atoms. The maximum atomic E-state index is 13.7. The largest absolute Gasteiger partial charge is 0.481 e. The fourth-order valence-electron chi connectivity index (χ4n) is 5.76. The Hall–Kier alpha value is -5.91. The van der Waals surface area contributed by atoms with Crippen LogP contribution in [0, 0.1) is 23.7 Å². The smallest absolute Gasteiger partial charge is 0.325 e. The van der Waals surface area contributed by atoms with E-state index in [1.165, 1.54) is 20.8 Å². The van der Waals surface area contributed by atoms with Gasteiger partial charge in [0.25, 0.3) is 0 Å². The minimum atomic E-state index is -1.88. The van der Waals surface area contributed by atoms with Crippen molar-refractivity contribution in [2.45, 2.75) is 156 Å². The van der Waals surface area contributed by atoms with Crippen LogP contribution in [0.1, 0.15) is 101 Å². The van der Waals surface area contributed by atoms with Gasteiger partial charge in [-0.1, -0.05) is 68.2 Å². The molecule has 0 heterocycles. The lowest BCUT2D eigenvalue weighted by Gasteiger charge is -2.29. The lowest BCUT2D eigenvalue weighted by atomic mass is 9.94. The van der Waals surface area contributed by atoms with Gasteiger partial charge >= 0.3 is 17.9 Å². The number of carboxylic acids is 3. The zero-order chi connectivity index (χ0) is 49.8. The molecule has 11 atom stereocenters. The summed E-state index contributed by atoms with van der Waals surface area (Å²) in [4.78, 5) is 140. The van der Waals surface area contributed by atoms with Crippen molar-refractivity contribution in [3.63, 3.8) is 0 Å². The maximum Gasteiger partial charge on any atom is 0.325 e. The number of carbonyl (C=O) groups is 11. The van der Waals surface area contributed by atoms with Crippen molar-refractivity contribution in [3.05, 3.63) is 0 Å². The predicted octanol–water partition coefficient (Wildman–Crippen LogP) is -2.95. The lowest BCUT2D eigenvalue weighted by Crippen LogP contribution is -2.62. The van der Waals surface area contributed by atoms with Gasteiger partial charge in [0.05, 0.1) is 25.5 Å². The molecule has 0 aromatic rings. The van der Waals surface area contributed by atoms with Crippen LogP contribution in [0.4, 0.5) is 0 Å². The van der Waals surface area contributed by atoms with Crippen molar-refractivity contribution < 1.29 is 73.2 Å². The summed E-state index contributed by atoms with van der Waals surface area (Å²) in [5.41, 5.74) is 6.09. The number of carbonyl (C=O) groups excluding carboxylic acids is 8. The third kappa shape index (κ3) is 20.1. The number of rotatable bonds is 29. The Morgan fingerprint density at radius 3 is 1.28 bits per heavy atom. The van der Waals surface area contributed by atoms with Crippen LogP contribution >= 0.6 is 0 Å². The summed E-state index contributed by atoms with van der Waals surface area (Å²) in [5.74, 6) is -14.1. The summed E-state index contributed by atoms with van der Waals surface area (Å²) in [7, 11) is 0. The first-order chi connectivity index (χ1) is 29.6. The van der Waals surface area contributed by atoms with Crippen molar-refractivity contribution in [1.82, 2.24) is 42.5 Å². The number of carboxylic acid groups (broad SMARTS) is 3. The van der Waals surface area contributed by atoms with Crippen molar-refractivity contribution >= 4 is 65.2 Å². The summed E-state index contributed by atoms with van der Waals surface area (Å²) in [5, 5.41) is 56.6. The van der Waals surface area contributed by atoms with Gasteiger partial charge < -0.3 is 68.7 Å². The molecular formula is C40H69N9O15. The number of hydrogen-bond donors (Lipinski definition) is 13. The molecule has 0 spiro atoms. The predicted molar refractivity (Wildman–Crippen MR) is 227 cm³/mol. The first kappa shape index (κ1) is 58.1. The van der Waals surface area contributed by atoms with Crippen molar-refractivity contribution in [2.75, 3.05) is 6.61 Å². The molecular weight excluding hydrogens is 846 g/mol.